The Morgan fingerprint density at radius 2 is 2.06 bits per heavy atom. The molecular formula is C14H23NO. The van der Waals surface area contributed by atoms with Crippen LogP contribution in [0.2, 0.25) is 0 Å². The molecule has 1 aromatic rings. The molecule has 1 rings (SSSR count). The minimum Gasteiger partial charge on any atom is -0.494 e. The highest BCUT2D eigenvalue weighted by atomic mass is 16.5. The summed E-state index contributed by atoms with van der Waals surface area (Å²) in [6, 6.07) is 8.73. The molecule has 2 nitrogen and oxygen atoms in total. The molecule has 2 heteroatoms. The second kappa shape index (κ2) is 6.54. The molecule has 1 atom stereocenters. The molecule has 0 saturated heterocycles. The van der Waals surface area contributed by atoms with Gasteiger partial charge in [-0.1, -0.05) is 26.0 Å². The van der Waals surface area contributed by atoms with Gasteiger partial charge >= 0.3 is 0 Å². The molecule has 90 valence electrons. The van der Waals surface area contributed by atoms with Crippen molar-refractivity contribution in [3.8, 4) is 5.75 Å². The summed E-state index contributed by atoms with van der Waals surface area (Å²) in [4.78, 5) is 0. The van der Waals surface area contributed by atoms with E-state index in [0.717, 1.165) is 18.8 Å². The first-order chi connectivity index (χ1) is 7.63. The van der Waals surface area contributed by atoms with Gasteiger partial charge in [-0.25, -0.2) is 0 Å². The number of aryl methyl sites for hydroxylation is 1. The van der Waals surface area contributed by atoms with Crippen molar-refractivity contribution < 1.29 is 4.74 Å². The molecule has 0 bridgehead atoms. The minimum atomic E-state index is 0.532. The second-order valence-electron chi connectivity index (χ2n) is 4.59. The Bertz CT molecular complexity index is 309. The highest BCUT2D eigenvalue weighted by Gasteiger charge is 2.10. The minimum absolute atomic E-state index is 0.532. The third kappa shape index (κ3) is 4.23. The van der Waals surface area contributed by atoms with Crippen molar-refractivity contribution in [3.63, 3.8) is 0 Å². The van der Waals surface area contributed by atoms with Crippen molar-refractivity contribution in [1.29, 1.82) is 0 Å². The lowest BCUT2D eigenvalue weighted by molar-refractivity contribution is 0.268. The Morgan fingerprint density at radius 3 is 2.62 bits per heavy atom. The monoisotopic (exact) mass is 221 g/mol. The van der Waals surface area contributed by atoms with Gasteiger partial charge in [-0.2, -0.15) is 0 Å². The van der Waals surface area contributed by atoms with Gasteiger partial charge in [-0.05, 0) is 44.0 Å². The molecule has 1 aromatic carbocycles. The van der Waals surface area contributed by atoms with Gasteiger partial charge in [-0.15, -0.1) is 0 Å². The maximum atomic E-state index is 5.73. The lowest BCUT2D eigenvalue weighted by Gasteiger charge is -2.20. The smallest absolute Gasteiger partial charge is 0.119 e. The maximum absolute atomic E-state index is 5.73. The molecule has 0 aliphatic heterocycles. The lowest BCUT2D eigenvalue weighted by Crippen LogP contribution is -2.32. The van der Waals surface area contributed by atoms with Crippen LogP contribution in [-0.4, -0.2) is 19.7 Å². The van der Waals surface area contributed by atoms with Crippen LogP contribution in [0.25, 0.3) is 0 Å². The van der Waals surface area contributed by atoms with E-state index in [-0.39, 0.29) is 0 Å². The summed E-state index contributed by atoms with van der Waals surface area (Å²) in [5, 5.41) is 3.32. The van der Waals surface area contributed by atoms with E-state index in [0.29, 0.717) is 12.0 Å². The Balaban J connectivity index is 2.35. The molecule has 16 heavy (non-hydrogen) atoms. The van der Waals surface area contributed by atoms with Crippen LogP contribution >= 0.6 is 0 Å². The fraction of sp³-hybridized carbons (Fsp3) is 0.571. The average Bonchev–Trinajstić information content (AvgIpc) is 2.24. The molecule has 0 fully saturated rings. The summed E-state index contributed by atoms with van der Waals surface area (Å²) < 4.78 is 5.73. The van der Waals surface area contributed by atoms with E-state index in [1.54, 1.807) is 0 Å². The van der Waals surface area contributed by atoms with E-state index >= 15 is 0 Å². The number of ether oxygens (including phenoxy) is 1. The van der Waals surface area contributed by atoms with Crippen molar-refractivity contribution in [2.24, 2.45) is 5.92 Å². The van der Waals surface area contributed by atoms with Gasteiger partial charge in [0, 0.05) is 6.04 Å². The molecule has 1 unspecified atom stereocenters. The van der Waals surface area contributed by atoms with Crippen molar-refractivity contribution in [3.05, 3.63) is 29.8 Å². The van der Waals surface area contributed by atoms with Gasteiger partial charge in [0.2, 0.25) is 0 Å². The summed E-state index contributed by atoms with van der Waals surface area (Å²) in [5.41, 5.74) is 1.24. The van der Waals surface area contributed by atoms with Crippen LogP contribution in [0.3, 0.4) is 0 Å². The third-order valence-electron chi connectivity index (χ3n) is 2.86. The number of nitrogens with one attached hydrogen (secondary N) is 1. The van der Waals surface area contributed by atoms with E-state index in [1.165, 1.54) is 5.56 Å². The Hall–Kier alpha value is -1.02. The van der Waals surface area contributed by atoms with Crippen LogP contribution in [0.5, 0.6) is 5.75 Å². The largest absolute Gasteiger partial charge is 0.494 e. The molecule has 0 saturated carbocycles. The number of benzene rings is 1. The maximum Gasteiger partial charge on any atom is 0.119 e. The zero-order valence-corrected chi connectivity index (χ0v) is 10.8. The molecule has 0 spiro atoms. The van der Waals surface area contributed by atoms with Crippen LogP contribution < -0.4 is 10.1 Å². The topological polar surface area (TPSA) is 21.3 Å². The fourth-order valence-corrected chi connectivity index (χ4v) is 1.82. The molecule has 0 aromatic heterocycles. The first-order valence-corrected chi connectivity index (χ1v) is 6.00. The molecule has 0 heterocycles. The average molecular weight is 221 g/mol. The van der Waals surface area contributed by atoms with Crippen molar-refractivity contribution in [2.75, 3.05) is 13.7 Å². The van der Waals surface area contributed by atoms with Gasteiger partial charge in [0.05, 0.1) is 6.61 Å². The first-order valence-electron chi connectivity index (χ1n) is 6.00. The predicted octanol–water partition coefficient (Wildman–Crippen LogP) is 3.01. The fourth-order valence-electron chi connectivity index (χ4n) is 1.82. The van der Waals surface area contributed by atoms with Gasteiger partial charge < -0.3 is 10.1 Å². The SMILES string of the molecule is CNC(CCOc1cccc(C)c1)C(C)C. The van der Waals surface area contributed by atoms with Crippen LogP contribution in [0.15, 0.2) is 24.3 Å². The van der Waals surface area contributed by atoms with Gasteiger partial charge in [0.15, 0.2) is 0 Å². The van der Waals surface area contributed by atoms with Crippen LogP contribution in [0.4, 0.5) is 0 Å². The van der Waals surface area contributed by atoms with Gasteiger partial charge in [-0.3, -0.25) is 0 Å². The molecule has 1 N–H and O–H groups in total. The van der Waals surface area contributed by atoms with Gasteiger partial charge in [0.1, 0.15) is 5.75 Å². The first kappa shape index (κ1) is 13.0. The van der Waals surface area contributed by atoms with E-state index in [2.05, 4.69) is 38.2 Å². The second-order valence-corrected chi connectivity index (χ2v) is 4.59. The molecule has 0 aliphatic carbocycles. The van der Waals surface area contributed by atoms with Crippen LogP contribution in [0, 0.1) is 12.8 Å². The highest BCUT2D eigenvalue weighted by Crippen LogP contribution is 2.13. The van der Waals surface area contributed by atoms with E-state index in [4.69, 9.17) is 4.74 Å². The molecule has 0 amide bonds. The van der Waals surface area contributed by atoms with Crippen LogP contribution in [0.1, 0.15) is 25.8 Å². The Kier molecular flexibility index (Phi) is 5.33. The normalized spacial score (nSPS) is 12.8. The predicted molar refractivity (Wildman–Crippen MR) is 69.0 cm³/mol. The number of hydrogen-bond acceptors (Lipinski definition) is 2. The summed E-state index contributed by atoms with van der Waals surface area (Å²) in [6.45, 7) is 7.31. The number of rotatable bonds is 6. The number of hydrogen-bond donors (Lipinski definition) is 1. The zero-order chi connectivity index (χ0) is 12.0. The van der Waals surface area contributed by atoms with Crippen molar-refractivity contribution in [1.82, 2.24) is 5.32 Å². The third-order valence-corrected chi connectivity index (χ3v) is 2.86. The zero-order valence-electron chi connectivity index (χ0n) is 10.8. The summed E-state index contributed by atoms with van der Waals surface area (Å²) in [7, 11) is 2.01. The van der Waals surface area contributed by atoms with E-state index in [1.807, 2.05) is 19.2 Å². The van der Waals surface area contributed by atoms with Gasteiger partial charge in [0.25, 0.3) is 0 Å². The summed E-state index contributed by atoms with van der Waals surface area (Å²) in [6.07, 6.45) is 1.04. The standard InChI is InChI=1S/C14H23NO/c1-11(2)14(15-4)8-9-16-13-7-5-6-12(3)10-13/h5-7,10-11,14-15H,8-9H2,1-4H3. The molecule has 0 radical (unpaired) electrons. The lowest BCUT2D eigenvalue weighted by atomic mass is 10.0. The Morgan fingerprint density at radius 1 is 1.31 bits per heavy atom. The van der Waals surface area contributed by atoms with E-state index in [9.17, 15) is 0 Å². The van der Waals surface area contributed by atoms with Crippen LogP contribution in [-0.2, 0) is 0 Å². The van der Waals surface area contributed by atoms with E-state index < -0.39 is 0 Å². The Labute approximate surface area is 99.0 Å². The summed E-state index contributed by atoms with van der Waals surface area (Å²) >= 11 is 0. The molecular weight excluding hydrogens is 198 g/mol. The van der Waals surface area contributed by atoms with Crippen molar-refractivity contribution >= 4 is 0 Å². The quantitative estimate of drug-likeness (QED) is 0.797. The van der Waals surface area contributed by atoms with Crippen molar-refractivity contribution in [2.45, 2.75) is 33.2 Å². The molecule has 0 aliphatic rings. The summed E-state index contributed by atoms with van der Waals surface area (Å²) in [5.74, 6) is 1.62. The highest BCUT2D eigenvalue weighted by molar-refractivity contribution is 5.27.